The molecule has 0 aliphatic rings. The molecule has 0 saturated heterocycles. The molecule has 1 unspecified atom stereocenters. The Morgan fingerprint density at radius 1 is 1.35 bits per heavy atom. The highest BCUT2D eigenvalue weighted by molar-refractivity contribution is 5.77. The summed E-state index contributed by atoms with van der Waals surface area (Å²) < 4.78 is 5.13. The second kappa shape index (κ2) is 6.19. The van der Waals surface area contributed by atoms with Crippen LogP contribution in [0.4, 0.5) is 0 Å². The normalized spacial score (nSPS) is 11.9. The first-order chi connectivity index (χ1) is 9.61. The van der Waals surface area contributed by atoms with Crippen LogP contribution in [0.1, 0.15) is 30.4 Å². The van der Waals surface area contributed by atoms with Crippen LogP contribution in [0.3, 0.4) is 0 Å². The molecule has 20 heavy (non-hydrogen) atoms. The van der Waals surface area contributed by atoms with E-state index in [9.17, 15) is 9.90 Å². The molecule has 0 saturated carbocycles. The highest BCUT2D eigenvalue weighted by Crippen LogP contribution is 2.34. The van der Waals surface area contributed by atoms with Crippen LogP contribution in [0.25, 0.3) is 0 Å². The maximum Gasteiger partial charge on any atom is 0.160 e. The van der Waals surface area contributed by atoms with E-state index in [1.54, 1.807) is 37.5 Å². The Hall–Kier alpha value is -2.36. The molecule has 1 aromatic heterocycles. The van der Waals surface area contributed by atoms with Crippen LogP contribution in [0.2, 0.25) is 0 Å². The number of benzene rings is 1. The fourth-order valence-corrected chi connectivity index (χ4v) is 2.21. The van der Waals surface area contributed by atoms with Crippen LogP contribution < -0.4 is 4.74 Å². The number of ether oxygens (including phenoxy) is 1. The summed E-state index contributed by atoms with van der Waals surface area (Å²) in [6, 6.07) is 8.94. The zero-order valence-electron chi connectivity index (χ0n) is 11.5. The van der Waals surface area contributed by atoms with Gasteiger partial charge in [-0.2, -0.15) is 0 Å². The summed E-state index contributed by atoms with van der Waals surface area (Å²) in [6.07, 6.45) is 3.85. The van der Waals surface area contributed by atoms with Gasteiger partial charge in [-0.15, -0.1) is 0 Å². The van der Waals surface area contributed by atoms with E-state index in [1.165, 1.54) is 7.11 Å². The molecular weight excluding hydrogens is 254 g/mol. The lowest BCUT2D eigenvalue weighted by Gasteiger charge is -2.17. The lowest BCUT2D eigenvalue weighted by Crippen LogP contribution is -2.06. The Bertz CT molecular complexity index is 596. The van der Waals surface area contributed by atoms with Crippen molar-refractivity contribution in [1.29, 1.82) is 0 Å². The van der Waals surface area contributed by atoms with Gasteiger partial charge in [0.25, 0.3) is 0 Å². The van der Waals surface area contributed by atoms with Gasteiger partial charge in [-0.25, -0.2) is 0 Å². The third kappa shape index (κ3) is 3.15. The molecule has 4 heteroatoms. The van der Waals surface area contributed by atoms with Crippen LogP contribution in [-0.2, 0) is 4.79 Å². The van der Waals surface area contributed by atoms with E-state index in [2.05, 4.69) is 4.98 Å². The molecular formula is C16H17NO3. The average molecular weight is 271 g/mol. The number of nitrogens with zero attached hydrogens (tertiary/aromatic N) is 1. The summed E-state index contributed by atoms with van der Waals surface area (Å²) in [5.41, 5.74) is 1.89. The number of phenols is 1. The maximum absolute atomic E-state index is 11.5. The van der Waals surface area contributed by atoms with Gasteiger partial charge in [0.15, 0.2) is 11.5 Å². The molecule has 1 heterocycles. The lowest BCUT2D eigenvalue weighted by molar-refractivity contribution is -0.117. The number of ketones is 1. The predicted molar refractivity (Wildman–Crippen MR) is 76.0 cm³/mol. The number of aromatic nitrogens is 1. The first-order valence-electron chi connectivity index (χ1n) is 6.38. The van der Waals surface area contributed by atoms with Gasteiger partial charge in [0.05, 0.1) is 7.11 Å². The van der Waals surface area contributed by atoms with Gasteiger partial charge < -0.3 is 9.84 Å². The lowest BCUT2D eigenvalue weighted by atomic mass is 9.88. The van der Waals surface area contributed by atoms with Gasteiger partial charge in [0.2, 0.25) is 0 Å². The minimum atomic E-state index is -0.0873. The zero-order chi connectivity index (χ0) is 14.5. The summed E-state index contributed by atoms with van der Waals surface area (Å²) >= 11 is 0. The number of methoxy groups -OCH3 is 1. The third-order valence-corrected chi connectivity index (χ3v) is 3.18. The van der Waals surface area contributed by atoms with Crippen molar-refractivity contribution >= 4 is 5.78 Å². The molecule has 2 aromatic rings. The van der Waals surface area contributed by atoms with Gasteiger partial charge in [-0.3, -0.25) is 9.78 Å². The topological polar surface area (TPSA) is 59.4 Å². The van der Waals surface area contributed by atoms with E-state index in [0.717, 1.165) is 11.1 Å². The van der Waals surface area contributed by atoms with E-state index in [-0.39, 0.29) is 17.5 Å². The number of carbonyl (C=O) groups excluding carboxylic acids is 1. The minimum Gasteiger partial charge on any atom is -0.504 e. The second-order valence-corrected chi connectivity index (χ2v) is 4.68. The predicted octanol–water partition coefficient (Wildman–Crippen LogP) is 2.91. The van der Waals surface area contributed by atoms with Crippen molar-refractivity contribution in [2.24, 2.45) is 0 Å². The zero-order valence-corrected chi connectivity index (χ0v) is 11.5. The fourth-order valence-electron chi connectivity index (χ4n) is 2.21. The van der Waals surface area contributed by atoms with Crippen molar-refractivity contribution in [2.45, 2.75) is 19.3 Å². The van der Waals surface area contributed by atoms with Crippen LogP contribution in [0.15, 0.2) is 42.7 Å². The number of carbonyl (C=O) groups is 1. The first kappa shape index (κ1) is 14.1. The summed E-state index contributed by atoms with van der Waals surface area (Å²) in [5.74, 6) is 0.505. The molecule has 0 aliphatic carbocycles. The van der Waals surface area contributed by atoms with Crippen molar-refractivity contribution < 1.29 is 14.6 Å². The van der Waals surface area contributed by atoms with E-state index in [4.69, 9.17) is 4.74 Å². The smallest absolute Gasteiger partial charge is 0.160 e. The Morgan fingerprint density at radius 2 is 2.15 bits per heavy atom. The second-order valence-electron chi connectivity index (χ2n) is 4.68. The van der Waals surface area contributed by atoms with Crippen LogP contribution in [-0.4, -0.2) is 23.0 Å². The first-order valence-corrected chi connectivity index (χ1v) is 6.38. The SMILES string of the molecule is COc1cc(C(CC(C)=O)c2cccnc2)ccc1O. The van der Waals surface area contributed by atoms with Gasteiger partial charge in [-0.05, 0) is 36.2 Å². The Morgan fingerprint density at radius 3 is 2.75 bits per heavy atom. The molecule has 1 atom stereocenters. The number of hydrogen-bond acceptors (Lipinski definition) is 4. The average Bonchev–Trinajstić information content (AvgIpc) is 2.46. The minimum absolute atomic E-state index is 0.0870. The van der Waals surface area contributed by atoms with Crippen molar-refractivity contribution in [2.75, 3.05) is 7.11 Å². The summed E-state index contributed by atoms with van der Waals surface area (Å²) in [4.78, 5) is 15.6. The number of Topliss-reactive ketones (excluding diaryl/α,β-unsaturated/α-hetero) is 1. The van der Waals surface area contributed by atoms with E-state index in [1.807, 2.05) is 12.1 Å². The number of aromatic hydroxyl groups is 1. The number of hydrogen-bond donors (Lipinski definition) is 1. The van der Waals surface area contributed by atoms with Crippen molar-refractivity contribution in [3.63, 3.8) is 0 Å². The Labute approximate surface area is 118 Å². The molecule has 1 aromatic carbocycles. The summed E-state index contributed by atoms with van der Waals surface area (Å²) in [6.45, 7) is 1.57. The third-order valence-electron chi connectivity index (χ3n) is 3.18. The quantitative estimate of drug-likeness (QED) is 0.908. The standard InChI is InChI=1S/C16H17NO3/c1-11(18)8-14(13-4-3-7-17-10-13)12-5-6-15(19)16(9-12)20-2/h3-7,9-10,14,19H,8H2,1-2H3. The Kier molecular flexibility index (Phi) is 4.35. The van der Waals surface area contributed by atoms with Gasteiger partial charge in [0.1, 0.15) is 5.78 Å². The largest absolute Gasteiger partial charge is 0.504 e. The molecule has 0 spiro atoms. The van der Waals surface area contributed by atoms with Gasteiger partial charge in [0, 0.05) is 24.7 Å². The van der Waals surface area contributed by atoms with Crippen LogP contribution in [0.5, 0.6) is 11.5 Å². The highest BCUT2D eigenvalue weighted by atomic mass is 16.5. The number of pyridine rings is 1. The Balaban J connectivity index is 2.44. The summed E-state index contributed by atoms with van der Waals surface area (Å²) in [5, 5.41) is 9.66. The molecule has 0 aliphatic heterocycles. The molecule has 2 rings (SSSR count). The molecule has 0 amide bonds. The molecule has 1 N–H and O–H groups in total. The number of rotatable bonds is 5. The van der Waals surface area contributed by atoms with Gasteiger partial charge >= 0.3 is 0 Å². The van der Waals surface area contributed by atoms with E-state index < -0.39 is 0 Å². The monoisotopic (exact) mass is 271 g/mol. The molecule has 4 nitrogen and oxygen atoms in total. The number of phenolic OH excluding ortho intramolecular Hbond substituents is 1. The molecule has 0 fully saturated rings. The van der Waals surface area contributed by atoms with Crippen molar-refractivity contribution in [3.8, 4) is 11.5 Å². The maximum atomic E-state index is 11.5. The van der Waals surface area contributed by atoms with E-state index in [0.29, 0.717) is 12.2 Å². The molecule has 0 radical (unpaired) electrons. The highest BCUT2D eigenvalue weighted by Gasteiger charge is 2.18. The van der Waals surface area contributed by atoms with Gasteiger partial charge in [-0.1, -0.05) is 12.1 Å². The van der Waals surface area contributed by atoms with Crippen molar-refractivity contribution in [3.05, 3.63) is 53.9 Å². The van der Waals surface area contributed by atoms with Crippen LogP contribution in [0, 0.1) is 0 Å². The van der Waals surface area contributed by atoms with Crippen LogP contribution >= 0.6 is 0 Å². The summed E-state index contributed by atoms with van der Waals surface area (Å²) in [7, 11) is 1.50. The fraction of sp³-hybridized carbons (Fsp3) is 0.250. The molecule has 104 valence electrons. The van der Waals surface area contributed by atoms with Crippen molar-refractivity contribution in [1.82, 2.24) is 4.98 Å². The van der Waals surface area contributed by atoms with E-state index >= 15 is 0 Å². The molecule has 0 bridgehead atoms.